The van der Waals surface area contributed by atoms with Gasteiger partial charge in [0, 0.05) is 12.1 Å². The van der Waals surface area contributed by atoms with Gasteiger partial charge in [-0.15, -0.1) is 0 Å². The Labute approximate surface area is 113 Å². The van der Waals surface area contributed by atoms with Gasteiger partial charge in [0.25, 0.3) is 0 Å². The van der Waals surface area contributed by atoms with Crippen LogP contribution in [0.2, 0.25) is 0 Å². The first-order valence-electron chi connectivity index (χ1n) is 6.76. The molecule has 0 radical (unpaired) electrons. The number of anilines is 1. The molecule has 2 N–H and O–H groups in total. The molecule has 1 saturated carbocycles. The van der Waals surface area contributed by atoms with Crippen LogP contribution in [-0.4, -0.2) is 10.1 Å². The quantitative estimate of drug-likeness (QED) is 0.892. The van der Waals surface area contributed by atoms with E-state index in [2.05, 4.69) is 24.0 Å². The fourth-order valence-electron chi connectivity index (χ4n) is 3.13. The summed E-state index contributed by atoms with van der Waals surface area (Å²) in [6.45, 7) is 4.57. The number of nitrogens with zero attached hydrogens (tertiary/aromatic N) is 2. The normalized spacial score (nSPS) is 21.7. The van der Waals surface area contributed by atoms with E-state index in [-0.39, 0.29) is 5.41 Å². The molecule has 0 aromatic carbocycles. The maximum atomic E-state index is 5.98. The topological polar surface area (TPSA) is 64.9 Å². The van der Waals surface area contributed by atoms with E-state index in [1.54, 1.807) is 6.20 Å². The maximum Gasteiger partial charge on any atom is 0.176 e. The SMILES string of the molecule is CC1(C)CCCC1c1onc(N)c1-c1ccccn1. The zero-order chi connectivity index (χ0) is 13.5. The van der Waals surface area contributed by atoms with Gasteiger partial charge in [-0.1, -0.05) is 31.5 Å². The van der Waals surface area contributed by atoms with Crippen LogP contribution in [0.1, 0.15) is 44.8 Å². The molecule has 19 heavy (non-hydrogen) atoms. The van der Waals surface area contributed by atoms with Gasteiger partial charge < -0.3 is 10.3 Å². The number of rotatable bonds is 2. The molecule has 1 aliphatic carbocycles. The van der Waals surface area contributed by atoms with E-state index in [9.17, 15) is 0 Å². The molecule has 2 aromatic heterocycles. The van der Waals surface area contributed by atoms with Crippen molar-refractivity contribution in [2.75, 3.05) is 5.73 Å². The number of nitrogen functional groups attached to an aromatic ring is 1. The Kier molecular flexibility index (Phi) is 2.81. The molecule has 2 aromatic rings. The summed E-state index contributed by atoms with van der Waals surface area (Å²) in [5.41, 5.74) is 7.94. The first kappa shape index (κ1) is 12.2. The first-order chi connectivity index (χ1) is 9.09. The van der Waals surface area contributed by atoms with Gasteiger partial charge in [0.05, 0.1) is 11.3 Å². The first-order valence-corrected chi connectivity index (χ1v) is 6.76. The Hall–Kier alpha value is -1.84. The van der Waals surface area contributed by atoms with E-state index in [4.69, 9.17) is 10.3 Å². The van der Waals surface area contributed by atoms with Crippen LogP contribution in [0.3, 0.4) is 0 Å². The van der Waals surface area contributed by atoms with Crippen LogP contribution in [0.4, 0.5) is 5.82 Å². The predicted molar refractivity (Wildman–Crippen MR) is 74.5 cm³/mol. The van der Waals surface area contributed by atoms with Crippen LogP contribution in [0, 0.1) is 5.41 Å². The minimum Gasteiger partial charge on any atom is -0.380 e. The van der Waals surface area contributed by atoms with Crippen molar-refractivity contribution in [3.05, 3.63) is 30.2 Å². The van der Waals surface area contributed by atoms with Gasteiger partial charge in [-0.2, -0.15) is 0 Å². The highest BCUT2D eigenvalue weighted by atomic mass is 16.5. The number of pyridine rings is 1. The fourth-order valence-corrected chi connectivity index (χ4v) is 3.13. The Balaban J connectivity index is 2.09. The van der Waals surface area contributed by atoms with Crippen LogP contribution in [0.25, 0.3) is 11.3 Å². The lowest BCUT2D eigenvalue weighted by atomic mass is 9.79. The molecule has 0 aliphatic heterocycles. The highest BCUT2D eigenvalue weighted by Gasteiger charge is 2.40. The van der Waals surface area contributed by atoms with E-state index in [0.29, 0.717) is 11.7 Å². The van der Waals surface area contributed by atoms with Crippen LogP contribution in [0.15, 0.2) is 28.9 Å². The molecule has 1 fully saturated rings. The monoisotopic (exact) mass is 257 g/mol. The Morgan fingerprint density at radius 1 is 1.37 bits per heavy atom. The van der Waals surface area contributed by atoms with Crippen molar-refractivity contribution in [3.8, 4) is 11.3 Å². The van der Waals surface area contributed by atoms with Gasteiger partial charge in [-0.05, 0) is 30.4 Å². The lowest BCUT2D eigenvalue weighted by molar-refractivity contribution is 0.269. The lowest BCUT2D eigenvalue weighted by Crippen LogP contribution is -2.15. The molecular formula is C15H19N3O. The fraction of sp³-hybridized carbons (Fsp3) is 0.467. The van der Waals surface area contributed by atoms with Crippen LogP contribution in [0.5, 0.6) is 0 Å². The van der Waals surface area contributed by atoms with Gasteiger partial charge in [-0.3, -0.25) is 4.98 Å². The zero-order valence-corrected chi connectivity index (χ0v) is 11.4. The van der Waals surface area contributed by atoms with Gasteiger partial charge in [0.2, 0.25) is 0 Å². The zero-order valence-electron chi connectivity index (χ0n) is 11.4. The van der Waals surface area contributed by atoms with Gasteiger partial charge in [0.15, 0.2) is 11.6 Å². The second kappa shape index (κ2) is 4.37. The summed E-state index contributed by atoms with van der Waals surface area (Å²) in [7, 11) is 0. The highest BCUT2D eigenvalue weighted by Crippen LogP contribution is 2.51. The third kappa shape index (κ3) is 2.01. The summed E-state index contributed by atoms with van der Waals surface area (Å²) < 4.78 is 5.55. The summed E-state index contributed by atoms with van der Waals surface area (Å²) in [6, 6.07) is 5.80. The molecule has 4 heteroatoms. The molecule has 0 bridgehead atoms. The summed E-state index contributed by atoms with van der Waals surface area (Å²) in [5, 5.41) is 3.97. The largest absolute Gasteiger partial charge is 0.380 e. The molecule has 3 rings (SSSR count). The van der Waals surface area contributed by atoms with Crippen molar-refractivity contribution in [3.63, 3.8) is 0 Å². The van der Waals surface area contributed by atoms with Gasteiger partial charge in [0.1, 0.15) is 0 Å². The van der Waals surface area contributed by atoms with E-state index >= 15 is 0 Å². The molecule has 0 spiro atoms. The lowest BCUT2D eigenvalue weighted by Gasteiger charge is -2.25. The Morgan fingerprint density at radius 3 is 2.84 bits per heavy atom. The third-order valence-electron chi connectivity index (χ3n) is 4.24. The average Bonchev–Trinajstić information content (AvgIpc) is 2.92. The van der Waals surface area contributed by atoms with Crippen LogP contribution in [-0.2, 0) is 0 Å². The molecule has 4 nitrogen and oxygen atoms in total. The minimum absolute atomic E-state index is 0.232. The van der Waals surface area contributed by atoms with Crippen molar-refractivity contribution >= 4 is 5.82 Å². The third-order valence-corrected chi connectivity index (χ3v) is 4.24. The summed E-state index contributed by atoms with van der Waals surface area (Å²) in [5.74, 6) is 1.71. The molecule has 1 unspecified atom stereocenters. The molecule has 0 saturated heterocycles. The number of aromatic nitrogens is 2. The van der Waals surface area contributed by atoms with Gasteiger partial charge >= 0.3 is 0 Å². The van der Waals surface area contributed by atoms with Crippen molar-refractivity contribution in [1.29, 1.82) is 0 Å². The van der Waals surface area contributed by atoms with Crippen molar-refractivity contribution in [2.24, 2.45) is 5.41 Å². The number of nitrogens with two attached hydrogens (primary N) is 1. The molecular weight excluding hydrogens is 238 g/mol. The van der Waals surface area contributed by atoms with Gasteiger partial charge in [-0.25, -0.2) is 0 Å². The number of hydrogen-bond donors (Lipinski definition) is 1. The predicted octanol–water partition coefficient (Wildman–Crippen LogP) is 3.61. The summed E-state index contributed by atoms with van der Waals surface area (Å²) >= 11 is 0. The van der Waals surface area contributed by atoms with Crippen molar-refractivity contribution < 1.29 is 4.52 Å². The smallest absolute Gasteiger partial charge is 0.176 e. The Morgan fingerprint density at radius 2 is 2.21 bits per heavy atom. The van der Waals surface area contributed by atoms with E-state index in [1.165, 1.54) is 12.8 Å². The molecule has 100 valence electrons. The van der Waals surface area contributed by atoms with E-state index in [1.807, 2.05) is 18.2 Å². The maximum absolute atomic E-state index is 5.98. The standard InChI is InChI=1S/C15H19N3O/c1-15(2)8-5-6-10(15)13-12(14(16)18-19-13)11-7-3-4-9-17-11/h3-4,7,9-10H,5-6,8H2,1-2H3,(H2,16,18). The summed E-state index contributed by atoms with van der Waals surface area (Å²) in [4.78, 5) is 4.38. The second-order valence-electron chi connectivity index (χ2n) is 5.96. The van der Waals surface area contributed by atoms with Crippen LogP contribution >= 0.6 is 0 Å². The highest BCUT2D eigenvalue weighted by molar-refractivity contribution is 5.73. The van der Waals surface area contributed by atoms with Crippen LogP contribution < -0.4 is 5.73 Å². The molecule has 0 amide bonds. The minimum atomic E-state index is 0.232. The number of hydrogen-bond acceptors (Lipinski definition) is 4. The van der Waals surface area contributed by atoms with E-state index in [0.717, 1.165) is 23.4 Å². The van der Waals surface area contributed by atoms with E-state index < -0.39 is 0 Å². The molecule has 1 aliphatic rings. The average molecular weight is 257 g/mol. The molecule has 1 atom stereocenters. The van der Waals surface area contributed by atoms with Crippen molar-refractivity contribution in [2.45, 2.75) is 39.0 Å². The summed E-state index contributed by atoms with van der Waals surface area (Å²) in [6.07, 6.45) is 5.33. The Bertz CT molecular complexity index is 574. The molecule has 2 heterocycles. The second-order valence-corrected chi connectivity index (χ2v) is 5.96. The van der Waals surface area contributed by atoms with Crippen molar-refractivity contribution in [1.82, 2.24) is 10.1 Å².